The summed E-state index contributed by atoms with van der Waals surface area (Å²) in [6.45, 7) is 4.94. The largest absolute Gasteiger partial charge is 0.472 e. The van der Waals surface area contributed by atoms with E-state index in [4.69, 9.17) is 9.05 Å². The van der Waals surface area contributed by atoms with Crippen LogP contribution >= 0.6 is 7.82 Å². The second-order valence-electron chi connectivity index (χ2n) is 24.9. The van der Waals surface area contributed by atoms with Gasteiger partial charge in [0.05, 0.1) is 39.9 Å². The second kappa shape index (κ2) is 58.2. The molecule has 0 bridgehead atoms. The summed E-state index contributed by atoms with van der Waals surface area (Å²) in [5, 5.41) is 14.1. The maximum absolute atomic E-state index is 13.0. The average Bonchev–Trinajstić information content (AvgIpc) is 3.37. The van der Waals surface area contributed by atoms with Crippen LogP contribution in [0.1, 0.15) is 367 Å². The number of phosphoric acid groups is 1. The zero-order valence-electron chi connectivity index (χ0n) is 51.6. The van der Waals surface area contributed by atoms with Crippen LogP contribution in [0.2, 0.25) is 0 Å². The van der Waals surface area contributed by atoms with Gasteiger partial charge in [-0.3, -0.25) is 13.8 Å². The highest BCUT2D eigenvalue weighted by molar-refractivity contribution is 7.47. The van der Waals surface area contributed by atoms with Crippen LogP contribution in [0, 0.1) is 0 Å². The molecule has 3 N–H and O–H groups in total. The number of quaternary nitrogens is 1. The van der Waals surface area contributed by atoms with E-state index >= 15 is 0 Å². The number of rotatable bonds is 64. The van der Waals surface area contributed by atoms with Crippen molar-refractivity contribution in [2.75, 3.05) is 40.9 Å². The van der Waals surface area contributed by atoms with Crippen LogP contribution < -0.4 is 5.32 Å². The maximum atomic E-state index is 13.0. The molecule has 0 aliphatic rings. The van der Waals surface area contributed by atoms with Crippen LogP contribution in [0.25, 0.3) is 0 Å². The monoisotopic (exact) mass is 1080 g/mol. The zero-order valence-corrected chi connectivity index (χ0v) is 52.5. The molecule has 3 unspecified atom stereocenters. The van der Waals surface area contributed by atoms with E-state index in [1.807, 2.05) is 21.1 Å². The quantitative estimate of drug-likeness (QED) is 0.0318. The molecule has 3 atom stereocenters. The molecular formula is C66H136N2O6P+. The minimum absolute atomic E-state index is 0.0790. The van der Waals surface area contributed by atoms with Gasteiger partial charge in [-0.2, -0.15) is 0 Å². The number of amides is 1. The first-order chi connectivity index (χ1) is 36.5. The molecule has 0 aromatic rings. The lowest BCUT2D eigenvalue weighted by molar-refractivity contribution is -0.870. The third kappa shape index (κ3) is 61.0. The van der Waals surface area contributed by atoms with Gasteiger partial charge in [0.2, 0.25) is 5.91 Å². The van der Waals surface area contributed by atoms with E-state index in [0.717, 1.165) is 38.5 Å². The third-order valence-electron chi connectivity index (χ3n) is 16.1. The molecule has 450 valence electrons. The van der Waals surface area contributed by atoms with Gasteiger partial charge in [0.1, 0.15) is 13.2 Å². The van der Waals surface area contributed by atoms with Crippen molar-refractivity contribution in [2.24, 2.45) is 0 Å². The molecule has 0 rings (SSSR count). The minimum atomic E-state index is -4.32. The lowest BCUT2D eigenvalue weighted by atomic mass is 10.0. The number of unbranched alkanes of at least 4 members (excludes halogenated alkanes) is 51. The smallest absolute Gasteiger partial charge is 0.391 e. The Morgan fingerprint density at radius 2 is 0.640 bits per heavy atom. The Bertz CT molecular complexity index is 1180. The standard InChI is InChI=1S/C66H135N2O6P/c1-6-8-10-12-14-16-18-20-21-22-23-24-25-26-27-28-29-30-31-32-33-34-35-36-37-38-39-40-41-42-43-44-45-46-48-50-52-54-56-58-60-66(70)67-64(63-74-75(71,72)73-62-61-68(3,4)5)65(69)59-57-55-53-51-49-47-19-17-15-13-11-9-7-2/h64-65,69H,6-63H2,1-5H3,(H-,67,70,71,72)/p+1. The number of hydrogen-bond donors (Lipinski definition) is 3. The highest BCUT2D eigenvalue weighted by Crippen LogP contribution is 2.43. The van der Waals surface area contributed by atoms with E-state index in [2.05, 4.69) is 19.2 Å². The molecule has 8 nitrogen and oxygen atoms in total. The van der Waals surface area contributed by atoms with E-state index in [1.165, 1.54) is 302 Å². The summed E-state index contributed by atoms with van der Waals surface area (Å²) in [7, 11) is 1.64. The summed E-state index contributed by atoms with van der Waals surface area (Å²) in [6, 6.07) is -0.755. The van der Waals surface area contributed by atoms with E-state index in [-0.39, 0.29) is 19.1 Å². The Morgan fingerprint density at radius 1 is 0.400 bits per heavy atom. The van der Waals surface area contributed by atoms with Gasteiger partial charge in [-0.15, -0.1) is 0 Å². The number of hydrogen-bond acceptors (Lipinski definition) is 5. The van der Waals surface area contributed by atoms with E-state index in [1.54, 1.807) is 0 Å². The molecule has 0 fully saturated rings. The van der Waals surface area contributed by atoms with Gasteiger partial charge in [0.25, 0.3) is 0 Å². The van der Waals surface area contributed by atoms with Crippen molar-refractivity contribution in [3.05, 3.63) is 0 Å². The first-order valence-electron chi connectivity index (χ1n) is 33.9. The summed E-state index contributed by atoms with van der Waals surface area (Å²) >= 11 is 0. The summed E-state index contributed by atoms with van der Waals surface area (Å²) < 4.78 is 23.8. The minimum Gasteiger partial charge on any atom is -0.391 e. The number of carbonyl (C=O) groups is 1. The van der Waals surface area contributed by atoms with E-state index in [9.17, 15) is 19.4 Å². The zero-order chi connectivity index (χ0) is 54.9. The molecule has 0 radical (unpaired) electrons. The van der Waals surface area contributed by atoms with Gasteiger partial charge in [-0.25, -0.2) is 4.57 Å². The van der Waals surface area contributed by atoms with Gasteiger partial charge >= 0.3 is 7.82 Å². The topological polar surface area (TPSA) is 105 Å². The molecule has 0 saturated heterocycles. The Kier molecular flexibility index (Phi) is 57.8. The SMILES string of the molecule is CCCCCCCCCCCCCCCCCCCCCCCCCCCCCCCCCCCCCCCCCCC(=O)NC(COP(=O)(O)OCC[N+](C)(C)C)C(O)CCCCCCCCCCCCCCC. The molecule has 0 aromatic heterocycles. The highest BCUT2D eigenvalue weighted by Gasteiger charge is 2.28. The lowest BCUT2D eigenvalue weighted by Gasteiger charge is -2.26. The van der Waals surface area contributed by atoms with Gasteiger partial charge < -0.3 is 19.8 Å². The number of likely N-dealkylation sites (N-methyl/N-ethyl adjacent to an activating group) is 1. The molecule has 9 heteroatoms. The molecule has 0 spiro atoms. The molecule has 0 saturated carbocycles. The number of nitrogens with zero attached hydrogens (tertiary/aromatic N) is 1. The Morgan fingerprint density at radius 3 is 0.893 bits per heavy atom. The fourth-order valence-corrected chi connectivity index (χ4v) is 11.6. The van der Waals surface area contributed by atoms with Gasteiger partial charge in [-0.05, 0) is 12.8 Å². The number of phosphoric ester groups is 1. The van der Waals surface area contributed by atoms with Gasteiger partial charge in [0.15, 0.2) is 0 Å². The Balaban J connectivity index is 3.77. The van der Waals surface area contributed by atoms with Crippen molar-refractivity contribution in [1.29, 1.82) is 0 Å². The van der Waals surface area contributed by atoms with Crippen molar-refractivity contribution in [3.63, 3.8) is 0 Å². The number of aliphatic hydroxyl groups is 1. The van der Waals surface area contributed by atoms with Gasteiger partial charge in [-0.1, -0.05) is 348 Å². The summed E-state index contributed by atoms with van der Waals surface area (Å²) in [4.78, 5) is 23.3. The normalized spacial score (nSPS) is 13.6. The number of nitrogens with one attached hydrogen (secondary N) is 1. The van der Waals surface area contributed by atoms with Crippen molar-refractivity contribution < 1.29 is 32.9 Å². The van der Waals surface area contributed by atoms with Crippen LogP contribution in [-0.2, 0) is 18.4 Å². The van der Waals surface area contributed by atoms with Crippen LogP contribution in [-0.4, -0.2) is 73.4 Å². The maximum Gasteiger partial charge on any atom is 0.472 e. The first-order valence-corrected chi connectivity index (χ1v) is 35.4. The molecule has 0 aromatic carbocycles. The predicted molar refractivity (Wildman–Crippen MR) is 328 cm³/mol. The van der Waals surface area contributed by atoms with E-state index < -0.39 is 20.0 Å². The highest BCUT2D eigenvalue weighted by atomic mass is 31.2. The number of aliphatic hydroxyl groups excluding tert-OH is 1. The molecule has 0 heterocycles. The van der Waals surface area contributed by atoms with Crippen LogP contribution in [0.5, 0.6) is 0 Å². The van der Waals surface area contributed by atoms with Crippen molar-refractivity contribution in [2.45, 2.75) is 379 Å². The van der Waals surface area contributed by atoms with E-state index in [0.29, 0.717) is 23.9 Å². The van der Waals surface area contributed by atoms with Crippen LogP contribution in [0.3, 0.4) is 0 Å². The van der Waals surface area contributed by atoms with Crippen LogP contribution in [0.4, 0.5) is 0 Å². The molecule has 0 aliphatic heterocycles. The fraction of sp³-hybridized carbons (Fsp3) is 0.985. The number of carbonyl (C=O) groups excluding carboxylic acids is 1. The fourth-order valence-electron chi connectivity index (χ4n) is 10.8. The van der Waals surface area contributed by atoms with Gasteiger partial charge in [0, 0.05) is 6.42 Å². The first kappa shape index (κ1) is 74.5. The molecular weight excluding hydrogens is 948 g/mol. The Labute approximate surface area is 470 Å². The van der Waals surface area contributed by atoms with Crippen molar-refractivity contribution >= 4 is 13.7 Å². The molecule has 1 amide bonds. The average molecular weight is 1080 g/mol. The lowest BCUT2D eigenvalue weighted by Crippen LogP contribution is -2.46. The van der Waals surface area contributed by atoms with Crippen molar-refractivity contribution in [1.82, 2.24) is 5.32 Å². The third-order valence-corrected chi connectivity index (χ3v) is 17.1. The second-order valence-corrected chi connectivity index (χ2v) is 26.4. The summed E-state index contributed by atoms with van der Waals surface area (Å²) in [5.41, 5.74) is 0. The van der Waals surface area contributed by atoms with Crippen LogP contribution in [0.15, 0.2) is 0 Å². The summed E-state index contributed by atoms with van der Waals surface area (Å²) in [6.07, 6.45) is 72.3. The predicted octanol–water partition coefficient (Wildman–Crippen LogP) is 21.2. The molecule has 75 heavy (non-hydrogen) atoms. The molecule has 0 aliphatic carbocycles. The van der Waals surface area contributed by atoms with Crippen molar-refractivity contribution in [3.8, 4) is 0 Å². The summed E-state index contributed by atoms with van der Waals surface area (Å²) in [5.74, 6) is -0.136. The Hall–Kier alpha value is -0.500.